The van der Waals surface area contributed by atoms with Gasteiger partial charge in [-0.05, 0) is 88.3 Å². The number of rotatable bonds is 33. The first-order valence-corrected chi connectivity index (χ1v) is 33.6. The van der Waals surface area contributed by atoms with Crippen LogP contribution >= 0.6 is 0 Å². The van der Waals surface area contributed by atoms with E-state index in [-0.39, 0.29) is 29.6 Å². The van der Waals surface area contributed by atoms with Crippen LogP contribution in [-0.4, -0.2) is 245 Å². The van der Waals surface area contributed by atoms with Crippen molar-refractivity contribution in [3.05, 3.63) is 42.0 Å². The normalized spacial score (nSPS) is 22.8. The molecule has 0 radical (unpaired) electrons. The Labute approximate surface area is 602 Å². The van der Waals surface area contributed by atoms with Gasteiger partial charge in [0.15, 0.2) is 0 Å². The summed E-state index contributed by atoms with van der Waals surface area (Å²) >= 11 is 0. The highest BCUT2D eigenvalue weighted by Gasteiger charge is 2.46. The zero-order valence-electron chi connectivity index (χ0n) is 61.3. The van der Waals surface area contributed by atoms with Gasteiger partial charge in [-0.15, -0.1) is 0 Å². The Morgan fingerprint density at radius 1 is 0.721 bits per heavy atom. The predicted octanol–water partition coefficient (Wildman–Crippen LogP) is -5.75. The topological polar surface area (TPSA) is 593 Å². The zero-order chi connectivity index (χ0) is 79.5. The molecule has 18 atom stereocenters. The number of carbonyl (C=O) groups excluding carboxylic acids is 15. The summed E-state index contributed by atoms with van der Waals surface area (Å²) in [5, 5.41) is 63.7. The number of cyclic esters (lactones) is 1. The van der Waals surface area contributed by atoms with Gasteiger partial charge in [0, 0.05) is 33.5 Å². The first-order valence-electron chi connectivity index (χ1n) is 33.6. The van der Waals surface area contributed by atoms with Crippen LogP contribution < -0.4 is 70.8 Å². The summed E-state index contributed by atoms with van der Waals surface area (Å²) in [4.78, 5) is 221. The number of methoxy groups -OCH3 is 1. The highest BCUT2D eigenvalue weighted by molar-refractivity contribution is 6.00. The minimum absolute atomic E-state index is 0.0279. The van der Waals surface area contributed by atoms with Crippen molar-refractivity contribution in [3.63, 3.8) is 0 Å². The number of allylic oxidation sites excluding steroid dienone is 1. The molecule has 21 N–H and O–H groups in total. The van der Waals surface area contributed by atoms with Gasteiger partial charge in [0.2, 0.25) is 82.7 Å². The van der Waals surface area contributed by atoms with E-state index in [0.717, 1.165) is 65.2 Å². The van der Waals surface area contributed by atoms with Crippen LogP contribution in [0.1, 0.15) is 126 Å². The lowest BCUT2D eigenvalue weighted by molar-refractivity contribution is -0.274. The molecule has 0 bridgehead atoms. The molecular formula is C66H107N15O23. The Kier molecular flexibility index (Phi) is 36.9. The van der Waals surface area contributed by atoms with Gasteiger partial charge in [-0.2, -0.15) is 0 Å². The lowest BCUT2D eigenvalue weighted by atomic mass is 9.87. The second-order valence-electron chi connectivity index (χ2n) is 26.9. The molecule has 0 spiro atoms. The van der Waals surface area contributed by atoms with Crippen molar-refractivity contribution in [1.82, 2.24) is 57.7 Å². The number of nitrogens with two attached hydrogens (primary N) is 4. The van der Waals surface area contributed by atoms with Crippen LogP contribution in [0.4, 0.5) is 0 Å². The highest BCUT2D eigenvalue weighted by Crippen LogP contribution is 2.27. The number of likely N-dealkylation sites (N-methyl/N-ethyl adjacent to an activating group) is 2. The Bertz CT molecular complexity index is 3200. The van der Waals surface area contributed by atoms with Crippen LogP contribution in [0.2, 0.25) is 0 Å². The Morgan fingerprint density at radius 3 is 1.86 bits per heavy atom. The molecule has 0 aliphatic carbocycles. The molecule has 584 valence electrons. The predicted molar refractivity (Wildman–Crippen MR) is 368 cm³/mol. The van der Waals surface area contributed by atoms with Gasteiger partial charge in [-0.25, -0.2) is 14.6 Å². The van der Waals surface area contributed by atoms with Crippen LogP contribution in [0.5, 0.6) is 5.75 Å². The Morgan fingerprint density at radius 2 is 1.33 bits per heavy atom. The third-order valence-electron chi connectivity index (χ3n) is 17.0. The van der Waals surface area contributed by atoms with Crippen molar-refractivity contribution in [1.29, 1.82) is 0 Å². The lowest BCUT2D eigenvalue weighted by Gasteiger charge is -2.36. The summed E-state index contributed by atoms with van der Waals surface area (Å²) in [6.45, 7) is 13.9. The number of aliphatic hydroxyl groups is 3. The van der Waals surface area contributed by atoms with Gasteiger partial charge in [0.25, 0.3) is 0 Å². The number of nitrogens with zero attached hydrogens (tertiary/aromatic N) is 2. The van der Waals surface area contributed by atoms with Crippen molar-refractivity contribution in [3.8, 4) is 5.75 Å². The van der Waals surface area contributed by atoms with Gasteiger partial charge < -0.3 is 110 Å². The van der Waals surface area contributed by atoms with Crippen LogP contribution in [0.25, 0.3) is 0 Å². The summed E-state index contributed by atoms with van der Waals surface area (Å²) in [7, 11) is 4.48. The summed E-state index contributed by atoms with van der Waals surface area (Å²) < 4.78 is 11.6. The molecule has 1 aliphatic rings. The summed E-state index contributed by atoms with van der Waals surface area (Å²) in [6, 6.07) is -14.1. The molecule has 14 amide bonds. The average molecular weight is 1480 g/mol. The maximum Gasteiger partial charge on any atom is 0.328 e. The third kappa shape index (κ3) is 29.0. The van der Waals surface area contributed by atoms with Crippen LogP contribution in [0.3, 0.4) is 0 Å². The monoisotopic (exact) mass is 1480 g/mol. The van der Waals surface area contributed by atoms with Gasteiger partial charge in [-0.1, -0.05) is 72.8 Å². The fourth-order valence-electron chi connectivity index (χ4n) is 10.8. The van der Waals surface area contributed by atoms with E-state index in [1.807, 2.05) is 20.8 Å². The third-order valence-corrected chi connectivity index (χ3v) is 17.0. The van der Waals surface area contributed by atoms with Crippen molar-refractivity contribution in [2.45, 2.75) is 205 Å². The SMILES string of the molecule is COOCC1NC(=O)[C@@H](NC(=O)[C@@H](NC(=O)[C@@H](NC(=O)[C@@H](NC(=O)[C@H](CC(N)=O)NC(=O)CC(O)/C=C\C(C)CC(C)C)[C@@H](C)O)[C@](C)(N)O)C(C)C(C)C(N)=O)[C@@H](C)OC(=O)[C@H](C)N(C)C(=O)[C@H](C(OC)c2ccc(O)cc2)NC(=O)[C@H](CCC(N)=O)N(C)C(=O)[C@H](CC(C)C)NC(=O)CNC1=O. The number of benzene rings is 1. The second-order valence-corrected chi connectivity index (χ2v) is 26.9. The lowest BCUT2D eigenvalue weighted by Crippen LogP contribution is -2.69. The number of aromatic hydroxyl groups is 1. The van der Waals surface area contributed by atoms with Crippen LogP contribution in [0.15, 0.2) is 36.4 Å². The Hall–Kier alpha value is -9.47. The van der Waals surface area contributed by atoms with Crippen LogP contribution in [-0.2, 0) is 91.2 Å². The smallest absolute Gasteiger partial charge is 0.328 e. The summed E-state index contributed by atoms with van der Waals surface area (Å²) in [5.74, 6) is -20.9. The fourth-order valence-corrected chi connectivity index (χ4v) is 10.8. The molecule has 1 heterocycles. The molecule has 1 aliphatic heterocycles. The quantitative estimate of drug-likeness (QED) is 0.0102. The summed E-state index contributed by atoms with van der Waals surface area (Å²) in [6.07, 6.45) is -5.28. The molecule has 38 nitrogen and oxygen atoms in total. The zero-order valence-corrected chi connectivity index (χ0v) is 61.3. The number of hydrogen-bond donors (Lipinski definition) is 17. The Balaban J connectivity index is 2.89. The fraction of sp³-hybridized carbons (Fsp3) is 0.652. The summed E-state index contributed by atoms with van der Waals surface area (Å²) in [5.41, 5.74) is 20.0. The molecule has 104 heavy (non-hydrogen) atoms. The first kappa shape index (κ1) is 90.6. The number of esters is 1. The molecule has 38 heteroatoms. The number of nitrogens with one attached hydrogen (secondary N) is 9. The van der Waals surface area contributed by atoms with E-state index in [1.165, 1.54) is 51.2 Å². The second kappa shape index (κ2) is 42.3. The number of phenols is 1. The minimum atomic E-state index is -2.86. The molecule has 0 saturated carbocycles. The molecule has 6 unspecified atom stereocenters. The minimum Gasteiger partial charge on any atom is -0.508 e. The molecule has 1 saturated heterocycles. The number of carbonyl (C=O) groups is 15. The highest BCUT2D eigenvalue weighted by atomic mass is 17.2. The maximum atomic E-state index is 15.1. The van der Waals surface area contributed by atoms with Gasteiger partial charge in [-0.3, -0.25) is 67.1 Å². The van der Waals surface area contributed by atoms with E-state index in [9.17, 15) is 82.8 Å². The number of hydrogen-bond acceptors (Lipinski definition) is 24. The largest absolute Gasteiger partial charge is 0.508 e. The van der Waals surface area contributed by atoms with E-state index in [1.54, 1.807) is 19.9 Å². The number of primary amides is 3. The van der Waals surface area contributed by atoms with Crippen molar-refractivity contribution in [2.24, 2.45) is 52.5 Å². The maximum absolute atomic E-state index is 15.1. The number of amides is 14. The standard InChI is InChI=1S/C66H107N15O23/c1-30(2)24-32(5)16-19-40(84)26-47(87)72-41(27-46(68)86)57(91)76-50(36(9)82)60(94)79-54(66(11,70)100)62(96)75-49(33(6)34(7)55(69)89)59(93)77-51-37(10)104-65(99)35(8)80(12)64(98)52(53(101-14)38-17-20-39(83)21-18-38)78-58(92)44(22-23-45(67)85)81(13)63(97)42(25-31(3)4)73-48(88)28-71-56(90)43(29-103-102-15)74-61(51)95/h16-21,30-37,40-44,49-54,82-84,100H,22-29,70H2,1-15H3,(H2,67,85)(H2,68,86)(H2,69,89)(H,71,90)(H,72,87)(H,73,88)(H,74,95)(H,75,96)(H,76,91)(H,77,93)(H,78,92)(H,79,94)/b19-16-/t32?,33?,34?,35-,36+,37+,40?,41-,42-,43?,44-,49-,50-,51-,52-,53?,54+,66+/m0/s1. The average Bonchev–Trinajstić information content (AvgIpc) is 0.813. The molecule has 2 rings (SSSR count). The number of ether oxygens (including phenoxy) is 2. The number of aliphatic hydroxyl groups excluding tert-OH is 2. The van der Waals surface area contributed by atoms with E-state index in [0.29, 0.717) is 5.92 Å². The number of phenolic OH excluding ortho intramolecular Hbond substituents is 1. The van der Waals surface area contributed by atoms with Crippen molar-refractivity contribution in [2.75, 3.05) is 41.5 Å². The molecule has 1 aromatic carbocycles. The van der Waals surface area contributed by atoms with E-state index < -0.39 is 230 Å². The van der Waals surface area contributed by atoms with Crippen molar-refractivity contribution < 1.29 is 112 Å². The van der Waals surface area contributed by atoms with E-state index in [2.05, 4.69) is 47.9 Å². The first-order chi connectivity index (χ1) is 48.3. The van der Waals surface area contributed by atoms with E-state index >= 15 is 9.59 Å². The van der Waals surface area contributed by atoms with Gasteiger partial charge in [0.05, 0.1) is 38.7 Å². The molecule has 1 fully saturated rings. The van der Waals surface area contributed by atoms with Gasteiger partial charge >= 0.3 is 5.97 Å². The molecule has 0 aromatic heterocycles. The molecular weight excluding hydrogens is 1370 g/mol. The van der Waals surface area contributed by atoms with Gasteiger partial charge in [0.1, 0.15) is 90.7 Å². The van der Waals surface area contributed by atoms with Crippen LogP contribution in [0, 0.1) is 29.6 Å². The van der Waals surface area contributed by atoms with Crippen molar-refractivity contribution >= 4 is 88.7 Å². The van der Waals surface area contributed by atoms with E-state index in [4.69, 9.17) is 42.2 Å². The molecule has 1 aromatic rings.